The van der Waals surface area contributed by atoms with Crippen molar-refractivity contribution in [1.29, 1.82) is 0 Å². The smallest absolute Gasteiger partial charge is 0.325 e. The summed E-state index contributed by atoms with van der Waals surface area (Å²) >= 11 is 0. The first-order valence-corrected chi connectivity index (χ1v) is 23.7. The van der Waals surface area contributed by atoms with Crippen LogP contribution >= 0.6 is 0 Å². The summed E-state index contributed by atoms with van der Waals surface area (Å²) in [7, 11) is 0. The van der Waals surface area contributed by atoms with Gasteiger partial charge >= 0.3 is 5.97 Å². The summed E-state index contributed by atoms with van der Waals surface area (Å²) in [5.74, 6) is -4.10. The molecule has 0 spiro atoms. The molecule has 20 nitrogen and oxygen atoms in total. The zero-order valence-corrected chi connectivity index (χ0v) is 41.0. The normalized spacial score (nSPS) is 16.3. The maximum Gasteiger partial charge on any atom is 0.325 e. The molecule has 0 saturated carbocycles. The highest BCUT2D eigenvalue weighted by molar-refractivity contribution is 5.95. The van der Waals surface area contributed by atoms with E-state index in [2.05, 4.69) is 36.2 Å². The van der Waals surface area contributed by atoms with Crippen LogP contribution in [0.1, 0.15) is 124 Å². The minimum atomic E-state index is -1.15. The predicted octanol–water partition coefficient (Wildman–Crippen LogP) is 2.67. The van der Waals surface area contributed by atoms with Gasteiger partial charge in [0.1, 0.15) is 23.9 Å². The first-order chi connectivity index (χ1) is 32.1. The number of carboxylic acids is 1. The van der Waals surface area contributed by atoms with E-state index in [4.69, 9.17) is 16.6 Å². The Hall–Kier alpha value is -6.34. The number of imidazole rings is 1. The van der Waals surface area contributed by atoms with E-state index in [1.165, 1.54) is 30.3 Å². The highest BCUT2D eigenvalue weighted by atomic mass is 16.4. The summed E-state index contributed by atoms with van der Waals surface area (Å²) in [6, 6.07) is 2.28. The summed E-state index contributed by atoms with van der Waals surface area (Å²) in [6.07, 6.45) is 7.43. The van der Waals surface area contributed by atoms with Crippen LogP contribution in [-0.4, -0.2) is 121 Å². The SMILES string of the molecule is CCC(C)[C@H](C)C(=O)N[C@@H](Cc1cnc[nH]1)C(=O)N1CCC[C@H]1C(=O)N[C@H](C)C(=O)O.CCCC(=O)N[C@@H](CCCN=C(N)N)C(=O)C[C@H](C(=O)N[C@@H](Cc1ccc(O)cc1)C(=O)CC)C(C)C. The molecule has 5 amide bonds. The summed E-state index contributed by atoms with van der Waals surface area (Å²) in [5, 5.41) is 29.5. The predicted molar refractivity (Wildman–Crippen MR) is 257 cm³/mol. The number of amides is 5. The van der Waals surface area contributed by atoms with Crippen LogP contribution in [0.15, 0.2) is 41.8 Å². The number of rotatable bonds is 27. The quantitative estimate of drug-likeness (QED) is 0.0354. The number of H-pyrrole nitrogens is 1. The number of likely N-dealkylation sites (tertiary alicyclic amines) is 1. The Bertz CT molecular complexity index is 1990. The lowest BCUT2D eigenvalue weighted by Crippen LogP contribution is -2.56. The van der Waals surface area contributed by atoms with Crippen molar-refractivity contribution in [3.05, 3.63) is 48.0 Å². The van der Waals surface area contributed by atoms with Gasteiger partial charge in [0.15, 0.2) is 17.5 Å². The number of benzene rings is 1. The highest BCUT2D eigenvalue weighted by Crippen LogP contribution is 2.22. The van der Waals surface area contributed by atoms with Crippen molar-refractivity contribution in [3.8, 4) is 5.75 Å². The van der Waals surface area contributed by atoms with Crippen LogP contribution in [0.2, 0.25) is 0 Å². The molecule has 1 aliphatic heterocycles. The lowest BCUT2D eigenvalue weighted by atomic mass is 9.86. The van der Waals surface area contributed by atoms with E-state index in [1.54, 1.807) is 25.3 Å². The Balaban J connectivity index is 0.000000473. The molecule has 0 bridgehead atoms. The van der Waals surface area contributed by atoms with E-state index in [1.807, 2.05) is 41.5 Å². The van der Waals surface area contributed by atoms with Gasteiger partial charge in [-0.15, -0.1) is 0 Å². The number of aliphatic imine (C=N–C) groups is 1. The molecule has 1 aliphatic rings. The zero-order chi connectivity index (χ0) is 51.1. The van der Waals surface area contributed by atoms with Crippen LogP contribution in [0, 0.1) is 23.7 Å². The Morgan fingerprint density at radius 1 is 0.868 bits per heavy atom. The van der Waals surface area contributed by atoms with Crippen LogP contribution in [0.5, 0.6) is 5.75 Å². The fourth-order valence-corrected chi connectivity index (χ4v) is 7.55. The molecule has 68 heavy (non-hydrogen) atoms. The fraction of sp³-hybridized carbons (Fsp3) is 0.625. The van der Waals surface area contributed by atoms with Gasteiger partial charge < -0.3 is 52.8 Å². The Morgan fingerprint density at radius 2 is 1.53 bits per heavy atom. The monoisotopic (exact) mass is 953 g/mol. The minimum absolute atomic E-state index is 0.0436. The van der Waals surface area contributed by atoms with Crippen molar-refractivity contribution in [1.82, 2.24) is 36.1 Å². The van der Waals surface area contributed by atoms with Gasteiger partial charge in [0.25, 0.3) is 0 Å². The third-order valence-corrected chi connectivity index (χ3v) is 12.2. The Labute approximate surface area is 400 Å². The van der Waals surface area contributed by atoms with Crippen LogP contribution < -0.4 is 32.7 Å². The van der Waals surface area contributed by atoms with Gasteiger partial charge in [-0.1, -0.05) is 67.0 Å². The molecule has 1 aromatic heterocycles. The molecule has 1 unspecified atom stereocenters. The maximum atomic E-state index is 13.4. The van der Waals surface area contributed by atoms with Gasteiger partial charge in [-0.3, -0.25) is 43.3 Å². The summed E-state index contributed by atoms with van der Waals surface area (Å²) in [5.41, 5.74) is 12.2. The molecule has 11 N–H and O–H groups in total. The number of carbonyl (C=O) groups excluding carboxylic acids is 7. The summed E-state index contributed by atoms with van der Waals surface area (Å²) in [6.45, 7) is 15.2. The fourth-order valence-electron chi connectivity index (χ4n) is 7.55. The number of nitrogens with two attached hydrogens (primary N) is 2. The Kier molecular flexibility index (Phi) is 25.0. The van der Waals surface area contributed by atoms with E-state index in [9.17, 15) is 43.5 Å². The largest absolute Gasteiger partial charge is 0.508 e. The second-order valence-electron chi connectivity index (χ2n) is 17.9. The molecular weight excluding hydrogens is 877 g/mol. The van der Waals surface area contributed by atoms with Gasteiger partial charge in [-0.2, -0.15) is 0 Å². The van der Waals surface area contributed by atoms with Gasteiger partial charge in [0.2, 0.25) is 29.5 Å². The number of nitrogens with one attached hydrogen (secondary N) is 5. The minimum Gasteiger partial charge on any atom is -0.508 e. The topological polar surface area (TPSA) is 321 Å². The number of carbonyl (C=O) groups is 8. The van der Waals surface area contributed by atoms with Crippen LogP contribution in [0.3, 0.4) is 0 Å². The number of aromatic hydroxyl groups is 1. The van der Waals surface area contributed by atoms with E-state index >= 15 is 0 Å². The van der Waals surface area contributed by atoms with E-state index in [0.717, 1.165) is 12.0 Å². The van der Waals surface area contributed by atoms with Crippen LogP contribution in [-0.2, 0) is 51.2 Å². The summed E-state index contributed by atoms with van der Waals surface area (Å²) in [4.78, 5) is 114. The highest BCUT2D eigenvalue weighted by Gasteiger charge is 2.39. The Morgan fingerprint density at radius 3 is 2.09 bits per heavy atom. The van der Waals surface area contributed by atoms with Crippen molar-refractivity contribution < 1.29 is 48.6 Å². The number of guanidine groups is 1. The number of aromatic nitrogens is 2. The number of ketones is 2. The molecule has 20 heteroatoms. The van der Waals surface area contributed by atoms with Crippen LogP contribution in [0.4, 0.5) is 0 Å². The first-order valence-electron chi connectivity index (χ1n) is 23.7. The number of aliphatic carboxylic acids is 1. The number of aromatic amines is 1. The maximum absolute atomic E-state index is 13.4. The zero-order valence-electron chi connectivity index (χ0n) is 41.0. The number of hydrogen-bond acceptors (Lipinski definition) is 11. The number of Topliss-reactive ketones (excluding diaryl/α,β-unsaturated/α-hetero) is 2. The average Bonchev–Trinajstić information content (AvgIpc) is 4.01. The van der Waals surface area contributed by atoms with Crippen molar-refractivity contribution >= 4 is 53.0 Å². The third kappa shape index (κ3) is 19.5. The average molecular weight is 953 g/mol. The second kappa shape index (κ2) is 29.4. The number of phenols is 1. The number of nitrogens with zero attached hydrogens (tertiary/aromatic N) is 3. The lowest BCUT2D eigenvalue weighted by molar-refractivity contribution is -0.144. The van der Waals surface area contributed by atoms with E-state index in [0.29, 0.717) is 57.3 Å². The molecule has 378 valence electrons. The van der Waals surface area contributed by atoms with Gasteiger partial charge in [-0.25, -0.2) is 4.98 Å². The van der Waals surface area contributed by atoms with Gasteiger partial charge in [0.05, 0.1) is 18.4 Å². The third-order valence-electron chi connectivity index (χ3n) is 12.2. The van der Waals surface area contributed by atoms with Crippen LogP contribution in [0.25, 0.3) is 0 Å². The molecule has 1 aromatic carbocycles. The molecule has 2 heterocycles. The summed E-state index contributed by atoms with van der Waals surface area (Å²) < 4.78 is 0. The molecule has 8 atom stereocenters. The number of hydrogen-bond donors (Lipinski definition) is 9. The van der Waals surface area contributed by atoms with Crippen molar-refractivity contribution in [3.63, 3.8) is 0 Å². The molecule has 1 saturated heterocycles. The molecule has 2 aromatic rings. The molecule has 0 radical (unpaired) electrons. The first kappa shape index (κ1) is 57.8. The number of phenolic OH excluding ortho intramolecular Hbond substituents is 1. The van der Waals surface area contributed by atoms with E-state index in [-0.39, 0.29) is 90.3 Å². The molecular formula is C48H76N10O10. The molecule has 1 fully saturated rings. The lowest BCUT2D eigenvalue weighted by Gasteiger charge is -2.30. The van der Waals surface area contributed by atoms with Crippen molar-refractivity contribution in [2.24, 2.45) is 40.1 Å². The number of carboxylic acid groups (broad SMARTS) is 1. The van der Waals surface area contributed by atoms with Crippen molar-refractivity contribution in [2.45, 2.75) is 156 Å². The van der Waals surface area contributed by atoms with E-state index < -0.39 is 48.0 Å². The van der Waals surface area contributed by atoms with Gasteiger partial charge in [0, 0.05) is 62.5 Å². The second-order valence-corrected chi connectivity index (χ2v) is 17.9. The molecule has 0 aliphatic carbocycles. The standard InChI is InChI=1S/C27H43N5O5.C21H33N5O5/c1-5-8-25(36)31-21(9-7-14-30-27(28)29)24(35)16-20(17(3)4)26(37)32-22(23(34)6-2)15-18-10-12-19(33)13-11-18;1-5-12(2)13(3)18(27)25-16(9-15-10-22-11-23-15)20(29)26-8-6-7-17(26)19(28)24-14(4)21(30)31/h10-13,17,20-22,33H,5-9,14-16H2,1-4H3,(H,31,36)(H,32,37)(H4,28,29,30);10-14,16-17H,5-9H2,1-4H3,(H,22,23)(H,24,28)(H,25,27)(H,30,31)/t20-,21-,22-;12?,13-,14+,16-,17-/m00/s1. The molecule has 3 rings (SSSR count). The van der Waals surface area contributed by atoms with Crippen molar-refractivity contribution in [2.75, 3.05) is 13.1 Å². The van der Waals surface area contributed by atoms with Gasteiger partial charge in [-0.05, 0) is 75.0 Å².